The van der Waals surface area contributed by atoms with Crippen LogP contribution in [0.1, 0.15) is 47.5 Å². The van der Waals surface area contributed by atoms with E-state index < -0.39 is 17.9 Å². The Labute approximate surface area is 162 Å². The van der Waals surface area contributed by atoms with Crippen molar-refractivity contribution in [2.45, 2.75) is 53.0 Å². The van der Waals surface area contributed by atoms with E-state index in [9.17, 15) is 19.5 Å². The van der Waals surface area contributed by atoms with Gasteiger partial charge in [0.2, 0.25) is 0 Å². The van der Waals surface area contributed by atoms with Crippen LogP contribution in [-0.2, 0) is 23.9 Å². The van der Waals surface area contributed by atoms with Gasteiger partial charge in [0.15, 0.2) is 0 Å². The van der Waals surface area contributed by atoms with E-state index in [-0.39, 0.29) is 30.6 Å². The van der Waals surface area contributed by atoms with Gasteiger partial charge in [-0.3, -0.25) is 24.2 Å². The van der Waals surface area contributed by atoms with Gasteiger partial charge < -0.3 is 14.6 Å². The Morgan fingerprint density at radius 3 is 1.74 bits per heavy atom. The zero-order valence-electron chi connectivity index (χ0n) is 17.8. The summed E-state index contributed by atoms with van der Waals surface area (Å²) >= 11 is 0. The van der Waals surface area contributed by atoms with Crippen LogP contribution in [0.2, 0.25) is 0 Å². The first-order valence-electron chi connectivity index (χ1n) is 9.19. The van der Waals surface area contributed by atoms with Crippen LogP contribution in [0, 0.1) is 5.41 Å². The third-order valence-electron chi connectivity index (χ3n) is 4.90. The van der Waals surface area contributed by atoms with Crippen molar-refractivity contribution in [2.24, 2.45) is 5.41 Å². The minimum Gasteiger partial charge on any atom is -0.480 e. The first-order valence-corrected chi connectivity index (χ1v) is 9.19. The minimum atomic E-state index is -0.912. The molecule has 0 atom stereocenters. The zero-order chi connectivity index (χ0) is 21.3. The molecule has 8 nitrogen and oxygen atoms in total. The number of hydrogen-bond donors (Lipinski definition) is 1. The second kappa shape index (κ2) is 11.2. The first-order chi connectivity index (χ1) is 12.4. The maximum Gasteiger partial charge on any atom is 0.319 e. The van der Waals surface area contributed by atoms with Crippen LogP contribution in [-0.4, -0.2) is 85.3 Å². The van der Waals surface area contributed by atoms with Crippen LogP contribution in [0.3, 0.4) is 0 Å². The lowest BCUT2D eigenvalue weighted by atomic mass is 9.77. The molecule has 0 aliphatic carbocycles. The molecule has 0 rings (SSSR count). The summed E-state index contributed by atoms with van der Waals surface area (Å²) in [5, 5.41) is 9.33. The van der Waals surface area contributed by atoms with E-state index in [4.69, 9.17) is 0 Å². The summed E-state index contributed by atoms with van der Waals surface area (Å²) in [6, 6.07) is 0. The molecule has 1 N–H and O–H groups in total. The van der Waals surface area contributed by atoms with Crippen LogP contribution in [0.25, 0.3) is 0 Å². The molecular weight excluding hydrogens is 352 g/mol. The van der Waals surface area contributed by atoms with Crippen molar-refractivity contribution >= 4 is 17.9 Å². The Morgan fingerprint density at radius 2 is 1.37 bits per heavy atom. The summed E-state index contributed by atoms with van der Waals surface area (Å²) in [5.74, 6) is -1.84. The number of carbonyl (C=O) groups excluding carboxylic acids is 2. The second-order valence-corrected chi connectivity index (χ2v) is 8.19. The van der Waals surface area contributed by atoms with Crippen LogP contribution in [0.5, 0.6) is 0 Å². The maximum atomic E-state index is 11.6. The highest BCUT2D eigenvalue weighted by Gasteiger charge is 2.34. The molecule has 0 amide bonds. The molecule has 0 aromatic rings. The van der Waals surface area contributed by atoms with Gasteiger partial charge in [0, 0.05) is 18.6 Å². The summed E-state index contributed by atoms with van der Waals surface area (Å²) in [6.45, 7) is 11.0. The Balaban J connectivity index is 5.24. The number of carbonyl (C=O) groups is 3. The molecule has 0 saturated carbocycles. The zero-order valence-corrected chi connectivity index (χ0v) is 17.8. The predicted octanol–water partition coefficient (Wildman–Crippen LogP) is 1.63. The third-order valence-corrected chi connectivity index (χ3v) is 4.90. The van der Waals surface area contributed by atoms with Crippen molar-refractivity contribution in [3.8, 4) is 0 Å². The Kier molecular flexibility index (Phi) is 10.5. The highest BCUT2D eigenvalue weighted by Crippen LogP contribution is 2.34. The molecule has 158 valence electrons. The molecule has 0 aliphatic heterocycles. The number of rotatable bonds is 13. The van der Waals surface area contributed by atoms with Gasteiger partial charge in [-0.15, -0.1) is 0 Å². The van der Waals surface area contributed by atoms with E-state index in [0.29, 0.717) is 13.1 Å². The molecule has 0 bridgehead atoms. The summed E-state index contributed by atoms with van der Waals surface area (Å²) in [6.07, 6.45) is 1.80. The quantitative estimate of drug-likeness (QED) is 0.476. The molecule has 0 aromatic carbocycles. The summed E-state index contributed by atoms with van der Waals surface area (Å²) in [5.41, 5.74) is -0.294. The Hall–Kier alpha value is -1.67. The molecule has 0 fully saturated rings. The van der Waals surface area contributed by atoms with Crippen LogP contribution >= 0.6 is 0 Å². The topological polar surface area (TPSA) is 96.4 Å². The van der Waals surface area contributed by atoms with Crippen molar-refractivity contribution in [3.63, 3.8) is 0 Å². The molecule has 27 heavy (non-hydrogen) atoms. The summed E-state index contributed by atoms with van der Waals surface area (Å²) < 4.78 is 9.35. The van der Waals surface area contributed by atoms with Crippen molar-refractivity contribution in [3.05, 3.63) is 0 Å². The largest absolute Gasteiger partial charge is 0.480 e. The van der Waals surface area contributed by atoms with Gasteiger partial charge in [-0.05, 0) is 25.7 Å². The first kappa shape index (κ1) is 25.3. The fraction of sp³-hybridized carbons (Fsp3) is 0.842. The third kappa shape index (κ3) is 10.3. The highest BCUT2D eigenvalue weighted by molar-refractivity contribution is 5.74. The molecule has 0 spiro atoms. The number of hydrogen-bond acceptors (Lipinski definition) is 7. The lowest BCUT2D eigenvalue weighted by Crippen LogP contribution is -2.52. The van der Waals surface area contributed by atoms with E-state index in [1.54, 1.807) is 4.90 Å². The molecule has 0 saturated heterocycles. The molecule has 0 unspecified atom stereocenters. The van der Waals surface area contributed by atoms with Gasteiger partial charge in [0.05, 0.1) is 33.9 Å². The number of methoxy groups -OCH3 is 2. The fourth-order valence-electron chi connectivity index (χ4n) is 3.14. The Bertz CT molecular complexity index is 486. The monoisotopic (exact) mass is 388 g/mol. The van der Waals surface area contributed by atoms with Crippen molar-refractivity contribution in [1.82, 2.24) is 9.80 Å². The van der Waals surface area contributed by atoms with E-state index >= 15 is 0 Å². The van der Waals surface area contributed by atoms with Gasteiger partial charge in [-0.2, -0.15) is 0 Å². The fourth-order valence-corrected chi connectivity index (χ4v) is 3.14. The van der Waals surface area contributed by atoms with Crippen LogP contribution in [0.15, 0.2) is 0 Å². The lowest BCUT2D eigenvalue weighted by molar-refractivity contribution is -0.146. The maximum absolute atomic E-state index is 11.6. The SMILES string of the molecule is CCC(C)(C)CC(C)(C)N(CCN(CC(=O)OC)CC(=O)OC)CC(=O)O. The van der Waals surface area contributed by atoms with Crippen LogP contribution < -0.4 is 0 Å². The smallest absolute Gasteiger partial charge is 0.319 e. The number of carboxylic acids is 1. The predicted molar refractivity (Wildman–Crippen MR) is 102 cm³/mol. The van der Waals surface area contributed by atoms with Gasteiger partial charge >= 0.3 is 17.9 Å². The van der Waals surface area contributed by atoms with Crippen LogP contribution in [0.4, 0.5) is 0 Å². The number of nitrogens with zero attached hydrogens (tertiary/aromatic N) is 2. The average Bonchev–Trinajstić information content (AvgIpc) is 2.56. The van der Waals surface area contributed by atoms with Gasteiger partial charge in [0.1, 0.15) is 0 Å². The summed E-state index contributed by atoms with van der Waals surface area (Å²) in [4.78, 5) is 38.1. The normalized spacial score (nSPS) is 12.3. The van der Waals surface area contributed by atoms with E-state index in [0.717, 1.165) is 12.8 Å². The second-order valence-electron chi connectivity index (χ2n) is 8.19. The van der Waals surface area contributed by atoms with Gasteiger partial charge in [-0.25, -0.2) is 0 Å². The molecule has 0 heterocycles. The van der Waals surface area contributed by atoms with E-state index in [1.165, 1.54) is 14.2 Å². The standard InChI is InChI=1S/C19H36N2O6/c1-8-18(2,3)14-19(4,5)21(11-15(22)23)10-9-20(12-16(24)26-6)13-17(25)27-7/h8-14H2,1-7H3,(H,22,23). The van der Waals surface area contributed by atoms with Gasteiger partial charge in [-0.1, -0.05) is 27.2 Å². The number of esters is 2. The lowest BCUT2D eigenvalue weighted by Gasteiger charge is -2.43. The molecular formula is C19H36N2O6. The molecule has 0 aliphatic rings. The van der Waals surface area contributed by atoms with Gasteiger partial charge in [0.25, 0.3) is 0 Å². The van der Waals surface area contributed by atoms with Crippen molar-refractivity contribution < 1.29 is 29.0 Å². The molecule has 0 radical (unpaired) electrons. The number of ether oxygens (including phenoxy) is 2. The van der Waals surface area contributed by atoms with Crippen molar-refractivity contribution in [1.29, 1.82) is 0 Å². The van der Waals surface area contributed by atoms with E-state index in [2.05, 4.69) is 30.2 Å². The highest BCUT2D eigenvalue weighted by atomic mass is 16.5. The Morgan fingerprint density at radius 1 is 0.889 bits per heavy atom. The average molecular weight is 389 g/mol. The number of aliphatic carboxylic acids is 1. The minimum absolute atomic E-state index is 0.0621. The molecule has 0 aromatic heterocycles. The molecule has 8 heteroatoms. The van der Waals surface area contributed by atoms with Crippen molar-refractivity contribution in [2.75, 3.05) is 46.9 Å². The number of carboxylic acid groups (broad SMARTS) is 1. The summed E-state index contributed by atoms with van der Waals surface area (Å²) in [7, 11) is 2.57. The van der Waals surface area contributed by atoms with E-state index in [1.807, 2.05) is 18.7 Å².